The number of aldehydes is 1. The normalized spacial score (nSPS) is 36.6. The molecule has 1 aliphatic carbocycles. The summed E-state index contributed by atoms with van der Waals surface area (Å²) in [6, 6.07) is 0.309. The van der Waals surface area contributed by atoms with Gasteiger partial charge in [0.2, 0.25) is 0 Å². The zero-order valence-corrected chi connectivity index (χ0v) is 9.92. The fourth-order valence-electron chi connectivity index (χ4n) is 2.79. The van der Waals surface area contributed by atoms with Gasteiger partial charge in [0.05, 0.1) is 25.0 Å². The highest BCUT2D eigenvalue weighted by atomic mass is 16.5. The summed E-state index contributed by atoms with van der Waals surface area (Å²) in [5, 5.41) is 0. The van der Waals surface area contributed by atoms with Gasteiger partial charge in [-0.15, -0.1) is 0 Å². The maximum Gasteiger partial charge on any atom is 0.123 e. The zero-order chi connectivity index (χ0) is 11.7. The Morgan fingerprint density at radius 2 is 2.12 bits per heavy atom. The predicted molar refractivity (Wildman–Crippen MR) is 65.0 cm³/mol. The molecule has 0 bridgehead atoms. The lowest BCUT2D eigenvalue weighted by Gasteiger charge is -2.34. The second kappa shape index (κ2) is 4.61. The van der Waals surface area contributed by atoms with Crippen LogP contribution in [0.4, 0.5) is 0 Å². The number of rotatable bonds is 3. The molecule has 4 nitrogen and oxygen atoms in total. The highest BCUT2D eigenvalue weighted by Gasteiger charge is 2.35. The molecule has 0 N–H and O–H groups in total. The summed E-state index contributed by atoms with van der Waals surface area (Å²) in [5.41, 5.74) is 1.24. The van der Waals surface area contributed by atoms with E-state index in [1.54, 1.807) is 0 Å². The second-order valence-electron chi connectivity index (χ2n) is 5.09. The van der Waals surface area contributed by atoms with E-state index in [1.165, 1.54) is 5.70 Å². The van der Waals surface area contributed by atoms with Crippen molar-refractivity contribution in [3.8, 4) is 0 Å². The van der Waals surface area contributed by atoms with E-state index in [0.717, 1.165) is 45.4 Å². The molecule has 4 heteroatoms. The molecular formula is C13H18N2O2. The van der Waals surface area contributed by atoms with Crippen molar-refractivity contribution in [3.63, 3.8) is 0 Å². The molecule has 0 aromatic rings. The molecule has 1 saturated carbocycles. The monoisotopic (exact) mass is 234 g/mol. The van der Waals surface area contributed by atoms with E-state index in [0.29, 0.717) is 12.0 Å². The smallest absolute Gasteiger partial charge is 0.123 e. The number of nitrogens with zero attached hydrogens (tertiary/aromatic N) is 2. The molecule has 1 unspecified atom stereocenters. The van der Waals surface area contributed by atoms with Crippen LogP contribution in [-0.4, -0.2) is 49.7 Å². The third-order valence-electron chi connectivity index (χ3n) is 3.98. The van der Waals surface area contributed by atoms with E-state index in [9.17, 15) is 4.79 Å². The average Bonchev–Trinajstić information content (AvgIpc) is 2.78. The summed E-state index contributed by atoms with van der Waals surface area (Å²) in [6.07, 6.45) is 7.36. The van der Waals surface area contributed by atoms with E-state index < -0.39 is 0 Å². The number of carbonyl (C=O) groups is 1. The van der Waals surface area contributed by atoms with Gasteiger partial charge in [0.15, 0.2) is 0 Å². The number of hydrogen-bond acceptors (Lipinski definition) is 4. The van der Waals surface area contributed by atoms with Crippen LogP contribution in [0.3, 0.4) is 0 Å². The van der Waals surface area contributed by atoms with Crippen molar-refractivity contribution >= 4 is 12.5 Å². The number of carbonyl (C=O) groups excluding carboxylic acids is 1. The van der Waals surface area contributed by atoms with Crippen LogP contribution in [0, 0.1) is 11.8 Å². The quantitative estimate of drug-likeness (QED) is 0.681. The van der Waals surface area contributed by atoms with Gasteiger partial charge in [-0.05, 0) is 24.8 Å². The highest BCUT2D eigenvalue weighted by molar-refractivity contribution is 5.81. The predicted octanol–water partition coefficient (Wildman–Crippen LogP) is 0.881. The lowest BCUT2D eigenvalue weighted by Crippen LogP contribution is -2.36. The fourth-order valence-corrected chi connectivity index (χ4v) is 2.79. The molecule has 0 amide bonds. The Balaban J connectivity index is 1.58. The first kappa shape index (κ1) is 11.0. The molecule has 0 radical (unpaired) electrons. The van der Waals surface area contributed by atoms with E-state index >= 15 is 0 Å². The number of ether oxygens (including phenoxy) is 1. The van der Waals surface area contributed by atoms with Crippen molar-refractivity contribution in [2.75, 3.05) is 26.3 Å². The minimum absolute atomic E-state index is 0.288. The van der Waals surface area contributed by atoms with Gasteiger partial charge in [-0.3, -0.25) is 4.99 Å². The first-order chi connectivity index (χ1) is 8.36. The molecule has 0 spiro atoms. The number of aliphatic imine (C=N–C) groups is 1. The SMILES string of the molecule is O=CC1CC(C2C=C(N3CCOCC3)C=N2)C1. The van der Waals surface area contributed by atoms with Gasteiger partial charge >= 0.3 is 0 Å². The first-order valence-corrected chi connectivity index (χ1v) is 6.40. The van der Waals surface area contributed by atoms with Gasteiger partial charge < -0.3 is 14.4 Å². The maximum atomic E-state index is 10.6. The maximum absolute atomic E-state index is 10.6. The van der Waals surface area contributed by atoms with Crippen LogP contribution in [-0.2, 0) is 9.53 Å². The second-order valence-corrected chi connectivity index (χ2v) is 5.09. The topological polar surface area (TPSA) is 41.9 Å². The van der Waals surface area contributed by atoms with E-state index in [2.05, 4.69) is 16.0 Å². The lowest BCUT2D eigenvalue weighted by molar-refractivity contribution is -0.114. The zero-order valence-electron chi connectivity index (χ0n) is 9.92. The van der Waals surface area contributed by atoms with Gasteiger partial charge in [0.1, 0.15) is 6.29 Å². The van der Waals surface area contributed by atoms with Crippen molar-refractivity contribution < 1.29 is 9.53 Å². The first-order valence-electron chi connectivity index (χ1n) is 6.40. The third kappa shape index (κ3) is 2.14. The summed E-state index contributed by atoms with van der Waals surface area (Å²) in [7, 11) is 0. The molecule has 92 valence electrons. The number of hydrogen-bond donors (Lipinski definition) is 0. The van der Waals surface area contributed by atoms with Crippen molar-refractivity contribution in [1.29, 1.82) is 0 Å². The molecule has 1 atom stereocenters. The van der Waals surface area contributed by atoms with Gasteiger partial charge in [0.25, 0.3) is 0 Å². The summed E-state index contributed by atoms with van der Waals surface area (Å²) >= 11 is 0. The van der Waals surface area contributed by atoms with Crippen LogP contribution in [0.15, 0.2) is 16.8 Å². The van der Waals surface area contributed by atoms with Gasteiger partial charge in [-0.2, -0.15) is 0 Å². The Bertz CT molecular complexity index is 352. The van der Waals surface area contributed by atoms with Crippen molar-refractivity contribution in [1.82, 2.24) is 4.90 Å². The van der Waals surface area contributed by atoms with Gasteiger partial charge in [0, 0.05) is 25.2 Å². The third-order valence-corrected chi connectivity index (χ3v) is 3.98. The summed E-state index contributed by atoms with van der Waals surface area (Å²) in [6.45, 7) is 3.55. The van der Waals surface area contributed by atoms with Gasteiger partial charge in [-0.25, -0.2) is 0 Å². The van der Waals surface area contributed by atoms with Crippen LogP contribution in [0.5, 0.6) is 0 Å². The van der Waals surface area contributed by atoms with Crippen LogP contribution >= 0.6 is 0 Å². The van der Waals surface area contributed by atoms with Crippen LogP contribution in [0.1, 0.15) is 12.8 Å². The van der Waals surface area contributed by atoms with Crippen LogP contribution in [0.2, 0.25) is 0 Å². The molecular weight excluding hydrogens is 216 g/mol. The molecule has 2 aliphatic heterocycles. The Hall–Kier alpha value is -1.16. The molecule has 17 heavy (non-hydrogen) atoms. The molecule has 0 aromatic heterocycles. The number of allylic oxidation sites excluding steroid dienone is 1. The Labute approximate surface area is 101 Å². The molecule has 2 heterocycles. The van der Waals surface area contributed by atoms with Crippen molar-refractivity contribution in [3.05, 3.63) is 11.8 Å². The average molecular weight is 234 g/mol. The fraction of sp³-hybridized carbons (Fsp3) is 0.692. The van der Waals surface area contributed by atoms with Crippen LogP contribution < -0.4 is 0 Å². The minimum atomic E-state index is 0.288. The van der Waals surface area contributed by atoms with Crippen LogP contribution in [0.25, 0.3) is 0 Å². The van der Waals surface area contributed by atoms with Crippen molar-refractivity contribution in [2.24, 2.45) is 16.8 Å². The Kier molecular flexibility index (Phi) is 2.97. The van der Waals surface area contributed by atoms with E-state index in [1.807, 2.05) is 6.21 Å². The van der Waals surface area contributed by atoms with Gasteiger partial charge in [-0.1, -0.05) is 0 Å². The number of morpholine rings is 1. The largest absolute Gasteiger partial charge is 0.378 e. The molecule has 0 aromatic carbocycles. The Morgan fingerprint density at radius 3 is 2.82 bits per heavy atom. The lowest BCUT2D eigenvalue weighted by atomic mass is 9.72. The summed E-state index contributed by atoms with van der Waals surface area (Å²) in [4.78, 5) is 17.5. The standard InChI is InChI=1S/C13H18N2O2/c16-9-10-5-11(6-10)13-7-12(8-14-13)15-1-3-17-4-2-15/h7-11,13H,1-6H2. The van der Waals surface area contributed by atoms with E-state index in [4.69, 9.17) is 4.74 Å². The highest BCUT2D eigenvalue weighted by Crippen LogP contribution is 2.38. The molecule has 3 rings (SSSR count). The molecule has 2 fully saturated rings. The van der Waals surface area contributed by atoms with Crippen molar-refractivity contribution in [2.45, 2.75) is 18.9 Å². The summed E-state index contributed by atoms with van der Waals surface area (Å²) in [5.74, 6) is 0.871. The molecule has 1 saturated heterocycles. The van der Waals surface area contributed by atoms with E-state index in [-0.39, 0.29) is 5.92 Å². The Morgan fingerprint density at radius 1 is 1.35 bits per heavy atom. The minimum Gasteiger partial charge on any atom is -0.378 e. The molecule has 3 aliphatic rings. The summed E-state index contributed by atoms with van der Waals surface area (Å²) < 4.78 is 5.34.